The highest BCUT2D eigenvalue weighted by Gasteiger charge is 2.27. The zero-order valence-corrected chi connectivity index (χ0v) is 65.9. The summed E-state index contributed by atoms with van der Waals surface area (Å²) >= 11 is 0. The number of ether oxygens (including phenoxy) is 2. The summed E-state index contributed by atoms with van der Waals surface area (Å²) in [7, 11) is 1.48. The van der Waals surface area contributed by atoms with Gasteiger partial charge >= 0.3 is 19.8 Å². The molecule has 0 aliphatic rings. The van der Waals surface area contributed by atoms with E-state index in [1.807, 2.05) is 21.1 Å². The fourth-order valence-electron chi connectivity index (χ4n) is 12.0. The molecule has 0 spiro atoms. The Morgan fingerprint density at radius 2 is 0.582 bits per heavy atom. The maximum absolute atomic E-state index is 12.9. The average Bonchev–Trinajstić information content (AvgIpc) is 1.08. The van der Waals surface area contributed by atoms with Gasteiger partial charge in [-0.3, -0.25) is 18.6 Å². The Balaban J connectivity index is 3.97. The smallest absolute Gasteiger partial charge is 0.462 e. The Hall–Kier alpha value is -3.33. The molecule has 0 amide bonds. The third-order valence-corrected chi connectivity index (χ3v) is 19.3. The number of hydrogen-bond donors (Lipinski definition) is 1. The van der Waals surface area contributed by atoms with Crippen LogP contribution in [-0.4, -0.2) is 74.9 Å². The number of phosphoric ester groups is 1. The maximum Gasteiger partial charge on any atom is 0.472 e. The summed E-state index contributed by atoms with van der Waals surface area (Å²) < 4.78 is 34.8. The highest BCUT2D eigenvalue weighted by Crippen LogP contribution is 2.43. The Labute approximate surface area is 607 Å². The molecule has 0 saturated heterocycles. The number of nitrogens with zero attached hydrogens (tertiary/aromatic N) is 1. The largest absolute Gasteiger partial charge is 0.472 e. The highest BCUT2D eigenvalue weighted by molar-refractivity contribution is 7.47. The standard InChI is InChI=1S/C88H158NO8P/c1-6-8-10-12-14-16-18-20-22-24-26-28-30-32-34-36-38-40-42-44-46-48-50-52-54-56-58-60-62-64-66-68-70-72-74-76-78-80-87(90)94-84-86(85-96-98(92,93)95-83-82-89(3,4)5)97-88(91)81-79-77-75-73-71-69-67-65-63-61-59-57-55-53-51-49-47-45-43-41-39-37-35-33-31-29-27-25-23-21-19-17-15-13-11-9-7-2/h9,11,15,17,21,23,27,29,33,35,39,41,45,47,51,53,57,59,86H,6-8,10,12-14,16,18-20,22,24-26,28,30-32,34,36-38,40,42-44,46,48-50,52,54-56,58,60-85H2,1-5H3/p+1/b11-9-,17-15-,23-21-,29-27-,35-33-,41-39-,47-45-,53-51-,59-57-. The minimum atomic E-state index is -4.40. The Morgan fingerprint density at radius 1 is 0.327 bits per heavy atom. The van der Waals surface area contributed by atoms with Crippen LogP contribution in [0.1, 0.15) is 386 Å². The van der Waals surface area contributed by atoms with Gasteiger partial charge in [0.1, 0.15) is 19.8 Å². The minimum Gasteiger partial charge on any atom is -0.462 e. The number of rotatable bonds is 77. The summed E-state index contributed by atoms with van der Waals surface area (Å²) in [6.45, 7) is 4.36. The lowest BCUT2D eigenvalue weighted by molar-refractivity contribution is -0.870. The Morgan fingerprint density at radius 3 is 0.867 bits per heavy atom. The van der Waals surface area contributed by atoms with Crippen LogP contribution in [0.5, 0.6) is 0 Å². The zero-order chi connectivity index (χ0) is 71.1. The summed E-state index contributed by atoms with van der Waals surface area (Å²) in [6.07, 6.45) is 111. The van der Waals surface area contributed by atoms with E-state index in [-0.39, 0.29) is 32.0 Å². The van der Waals surface area contributed by atoms with Crippen molar-refractivity contribution in [1.29, 1.82) is 0 Å². The molecule has 98 heavy (non-hydrogen) atoms. The molecule has 0 aliphatic heterocycles. The van der Waals surface area contributed by atoms with Crippen molar-refractivity contribution < 1.29 is 42.1 Å². The molecule has 0 radical (unpaired) electrons. The summed E-state index contributed by atoms with van der Waals surface area (Å²) in [6, 6.07) is 0. The summed E-state index contributed by atoms with van der Waals surface area (Å²) in [5, 5.41) is 0. The molecule has 2 unspecified atom stereocenters. The molecule has 10 heteroatoms. The van der Waals surface area contributed by atoms with E-state index in [1.165, 1.54) is 250 Å². The molecule has 0 aromatic rings. The van der Waals surface area contributed by atoms with Crippen molar-refractivity contribution in [3.63, 3.8) is 0 Å². The van der Waals surface area contributed by atoms with E-state index in [1.54, 1.807) is 0 Å². The monoisotopic (exact) mass is 1390 g/mol. The number of carbonyl (C=O) groups excluding carboxylic acids is 2. The van der Waals surface area contributed by atoms with Gasteiger partial charge in [0.2, 0.25) is 0 Å². The molecule has 9 nitrogen and oxygen atoms in total. The molecule has 1 N–H and O–H groups in total. The first-order valence-corrected chi connectivity index (χ1v) is 43.1. The maximum atomic E-state index is 12.9. The second-order valence-electron chi connectivity index (χ2n) is 29.1. The average molecular weight is 1390 g/mol. The van der Waals surface area contributed by atoms with Crippen LogP contribution in [0, 0.1) is 0 Å². The molecule has 0 aromatic heterocycles. The summed E-state index contributed by atoms with van der Waals surface area (Å²) in [4.78, 5) is 36.0. The van der Waals surface area contributed by atoms with Gasteiger partial charge in [-0.2, -0.15) is 0 Å². The van der Waals surface area contributed by atoms with Crippen LogP contribution in [0.4, 0.5) is 0 Å². The topological polar surface area (TPSA) is 108 Å². The second kappa shape index (κ2) is 77.8. The van der Waals surface area contributed by atoms with Crippen LogP contribution in [0.15, 0.2) is 109 Å². The third kappa shape index (κ3) is 81.6. The number of carbonyl (C=O) groups is 2. The van der Waals surface area contributed by atoms with Gasteiger partial charge in [-0.1, -0.05) is 399 Å². The van der Waals surface area contributed by atoms with Gasteiger partial charge in [-0.15, -0.1) is 0 Å². The number of allylic oxidation sites excluding steroid dienone is 18. The van der Waals surface area contributed by atoms with Gasteiger partial charge in [-0.05, 0) is 83.5 Å². The van der Waals surface area contributed by atoms with E-state index in [9.17, 15) is 19.0 Å². The first-order chi connectivity index (χ1) is 48.0. The summed E-state index contributed by atoms with van der Waals surface area (Å²) in [5.74, 6) is -0.793. The van der Waals surface area contributed by atoms with Gasteiger partial charge in [0.15, 0.2) is 6.10 Å². The molecule has 0 saturated carbocycles. The number of hydrogen-bond acceptors (Lipinski definition) is 7. The molecule has 568 valence electrons. The third-order valence-electron chi connectivity index (χ3n) is 18.3. The van der Waals surface area contributed by atoms with Crippen LogP contribution >= 0.6 is 7.82 Å². The second-order valence-corrected chi connectivity index (χ2v) is 30.6. The van der Waals surface area contributed by atoms with E-state index >= 15 is 0 Å². The first kappa shape index (κ1) is 94.7. The first-order valence-electron chi connectivity index (χ1n) is 41.6. The molecule has 0 aromatic carbocycles. The molecular formula is C88H159NO8P+. The van der Waals surface area contributed by atoms with Crippen LogP contribution in [0.2, 0.25) is 0 Å². The minimum absolute atomic E-state index is 0.0277. The lowest BCUT2D eigenvalue weighted by Crippen LogP contribution is -2.37. The van der Waals surface area contributed by atoms with Crippen molar-refractivity contribution >= 4 is 19.8 Å². The van der Waals surface area contributed by atoms with Crippen LogP contribution < -0.4 is 0 Å². The van der Waals surface area contributed by atoms with Crippen LogP contribution in [-0.2, 0) is 32.7 Å². The van der Waals surface area contributed by atoms with Crippen LogP contribution in [0.25, 0.3) is 0 Å². The number of esters is 2. The van der Waals surface area contributed by atoms with E-state index < -0.39 is 26.5 Å². The normalized spacial score (nSPS) is 13.6. The molecular weight excluding hydrogens is 1230 g/mol. The molecule has 2 atom stereocenters. The molecule has 0 heterocycles. The fourth-order valence-corrected chi connectivity index (χ4v) is 12.8. The zero-order valence-electron chi connectivity index (χ0n) is 65.0. The molecule has 0 bridgehead atoms. The summed E-state index contributed by atoms with van der Waals surface area (Å²) in [5.41, 5.74) is 0. The van der Waals surface area contributed by atoms with Gasteiger partial charge in [0, 0.05) is 12.8 Å². The van der Waals surface area contributed by atoms with E-state index in [0.29, 0.717) is 17.4 Å². The van der Waals surface area contributed by atoms with Crippen molar-refractivity contribution in [2.24, 2.45) is 0 Å². The number of unbranched alkanes of at least 4 members (excludes halogenated alkanes) is 45. The van der Waals surface area contributed by atoms with Gasteiger partial charge in [-0.25, -0.2) is 4.57 Å². The fraction of sp³-hybridized carbons (Fsp3) is 0.773. The van der Waals surface area contributed by atoms with Crippen molar-refractivity contribution in [2.45, 2.75) is 392 Å². The molecule has 0 rings (SSSR count). The SMILES string of the molecule is CC/C=C\C/C=C\C/C=C\C/C=C\C/C=C\C/C=C\C/C=C\C/C=C\C/C=C\CCCCCCCCCCCC(=O)OC(COC(=O)CCCCCCCCCCCCCCCCCCCCCCCCCCCCCCCCCCCCCCC)COP(=O)(O)OCC[N+](C)(C)C. The van der Waals surface area contributed by atoms with Crippen LogP contribution in [0.3, 0.4) is 0 Å². The van der Waals surface area contributed by atoms with E-state index in [0.717, 1.165) is 103 Å². The van der Waals surface area contributed by atoms with Gasteiger partial charge < -0.3 is 18.9 Å². The predicted octanol–water partition coefficient (Wildman–Crippen LogP) is 28.0. The number of likely N-dealkylation sites (N-methyl/N-ethyl adjacent to an activating group) is 1. The van der Waals surface area contributed by atoms with Crippen molar-refractivity contribution in [2.75, 3.05) is 47.5 Å². The number of quaternary nitrogens is 1. The lowest BCUT2D eigenvalue weighted by Gasteiger charge is -2.24. The lowest BCUT2D eigenvalue weighted by atomic mass is 10.0. The highest BCUT2D eigenvalue weighted by atomic mass is 31.2. The molecule has 0 fully saturated rings. The quantitative estimate of drug-likeness (QED) is 0.0211. The van der Waals surface area contributed by atoms with Crippen molar-refractivity contribution in [3.05, 3.63) is 109 Å². The van der Waals surface area contributed by atoms with E-state index in [4.69, 9.17) is 18.5 Å². The van der Waals surface area contributed by atoms with Crippen molar-refractivity contribution in [1.82, 2.24) is 0 Å². The van der Waals surface area contributed by atoms with Gasteiger partial charge in [0.25, 0.3) is 0 Å². The van der Waals surface area contributed by atoms with Crippen molar-refractivity contribution in [3.8, 4) is 0 Å². The molecule has 0 aliphatic carbocycles. The Kier molecular flexibility index (Phi) is 75.2. The predicted molar refractivity (Wildman–Crippen MR) is 427 cm³/mol. The Bertz CT molecular complexity index is 2030. The van der Waals surface area contributed by atoms with Gasteiger partial charge in [0.05, 0.1) is 27.7 Å². The van der Waals surface area contributed by atoms with E-state index in [2.05, 4.69) is 123 Å². The number of phosphoric acid groups is 1.